The Morgan fingerprint density at radius 3 is 2.10 bits per heavy atom. The number of benzene rings is 4. The standard InChI is InChI=1S/C46H40N6O6S3/c1-29-37(61-28-47-29)24-21-31-26-59-43-39(42(54)52(43)40(31)44(55)58-25-30-19-22-35(56-2)23-20-30)49-41(53)38(51-57-3)36-27-60-45(48-36)50-46(32-13-7-4-8-14-32,33-15-9-5-10-16-33)34-17-11-6-12-18-34/h4-24,27-28,39,43H,25-26H2,1-3H3,(H,48,50)(H,49,53)/b24-21+,51-38-. The summed E-state index contributed by atoms with van der Waals surface area (Å²) < 4.78 is 11.0. The van der Waals surface area contributed by atoms with Crippen molar-refractivity contribution in [3.63, 3.8) is 0 Å². The molecule has 4 heterocycles. The molecule has 0 radical (unpaired) electrons. The highest BCUT2D eigenvalue weighted by atomic mass is 32.2. The van der Waals surface area contributed by atoms with Gasteiger partial charge in [-0.2, -0.15) is 0 Å². The zero-order valence-electron chi connectivity index (χ0n) is 33.3. The first-order valence-electron chi connectivity index (χ1n) is 19.2. The van der Waals surface area contributed by atoms with E-state index in [0.29, 0.717) is 22.2 Å². The molecule has 0 aliphatic carbocycles. The number of methoxy groups -OCH3 is 1. The van der Waals surface area contributed by atoms with Crippen molar-refractivity contribution in [3.8, 4) is 5.75 Å². The summed E-state index contributed by atoms with van der Waals surface area (Å²) in [6.45, 7) is 1.89. The molecule has 2 aliphatic rings. The van der Waals surface area contributed by atoms with Gasteiger partial charge in [0, 0.05) is 16.0 Å². The summed E-state index contributed by atoms with van der Waals surface area (Å²) in [5.74, 6) is -0.707. The Labute approximate surface area is 365 Å². The van der Waals surface area contributed by atoms with Gasteiger partial charge in [-0.3, -0.25) is 14.5 Å². The van der Waals surface area contributed by atoms with Crippen LogP contribution in [0.5, 0.6) is 5.75 Å². The molecular weight excluding hydrogens is 829 g/mol. The molecule has 2 aliphatic heterocycles. The van der Waals surface area contributed by atoms with Crippen LogP contribution in [0.25, 0.3) is 6.08 Å². The fraction of sp³-hybridized carbons (Fsp3) is 0.174. The lowest BCUT2D eigenvalue weighted by atomic mass is 9.77. The van der Waals surface area contributed by atoms with E-state index in [9.17, 15) is 14.4 Å². The first-order chi connectivity index (χ1) is 29.8. The monoisotopic (exact) mass is 868 g/mol. The highest BCUT2D eigenvalue weighted by Crippen LogP contribution is 2.43. The van der Waals surface area contributed by atoms with E-state index in [4.69, 9.17) is 19.3 Å². The van der Waals surface area contributed by atoms with Crippen LogP contribution in [0, 0.1) is 6.92 Å². The zero-order valence-corrected chi connectivity index (χ0v) is 35.8. The van der Waals surface area contributed by atoms with Crippen molar-refractivity contribution in [2.75, 3.05) is 25.3 Å². The van der Waals surface area contributed by atoms with Crippen LogP contribution < -0.4 is 15.4 Å². The fourth-order valence-corrected chi connectivity index (χ4v) is 10.00. The highest BCUT2D eigenvalue weighted by Gasteiger charge is 2.54. The molecule has 0 saturated carbocycles. The average Bonchev–Trinajstić information content (AvgIpc) is 3.96. The van der Waals surface area contributed by atoms with Gasteiger partial charge in [0.15, 0.2) is 10.8 Å². The number of β-lactam (4-membered cyclic amide) rings is 1. The number of fused-ring (bicyclic) bond motifs is 1. The third kappa shape index (κ3) is 8.44. The van der Waals surface area contributed by atoms with Crippen molar-refractivity contribution >= 4 is 69.1 Å². The van der Waals surface area contributed by atoms with Crippen molar-refractivity contribution in [3.05, 3.63) is 182 Å². The van der Waals surface area contributed by atoms with Gasteiger partial charge in [0.05, 0.1) is 18.3 Å². The minimum absolute atomic E-state index is 0.0121. The Bertz CT molecular complexity index is 2520. The van der Waals surface area contributed by atoms with E-state index in [-0.39, 0.29) is 23.7 Å². The maximum absolute atomic E-state index is 14.1. The number of nitrogens with one attached hydrogen (secondary N) is 2. The number of aryl methyl sites for hydroxylation is 1. The van der Waals surface area contributed by atoms with E-state index in [0.717, 1.165) is 32.8 Å². The van der Waals surface area contributed by atoms with Crippen molar-refractivity contribution < 1.29 is 28.7 Å². The maximum atomic E-state index is 14.1. The topological polar surface area (TPSA) is 144 Å². The van der Waals surface area contributed by atoms with Crippen LogP contribution in [0.1, 0.15) is 38.5 Å². The molecule has 2 amide bonds. The molecule has 1 fully saturated rings. The maximum Gasteiger partial charge on any atom is 0.355 e. The second-order valence-corrected chi connectivity index (χ2v) is 16.8. The summed E-state index contributed by atoms with van der Waals surface area (Å²) in [7, 11) is 2.92. The molecule has 2 aromatic heterocycles. The van der Waals surface area contributed by atoms with Crippen LogP contribution in [-0.2, 0) is 36.1 Å². The van der Waals surface area contributed by atoms with Gasteiger partial charge in [-0.25, -0.2) is 14.8 Å². The lowest BCUT2D eigenvalue weighted by Gasteiger charge is -2.49. The predicted octanol–water partition coefficient (Wildman–Crippen LogP) is 7.78. The minimum atomic E-state index is -0.962. The number of thiazole rings is 2. The Kier molecular flexibility index (Phi) is 12.4. The number of thioether (sulfide) groups is 1. The number of oxime groups is 1. The molecule has 1 saturated heterocycles. The van der Waals surface area contributed by atoms with Gasteiger partial charge >= 0.3 is 5.97 Å². The number of rotatable bonds is 15. The lowest BCUT2D eigenvalue weighted by molar-refractivity contribution is -0.153. The van der Waals surface area contributed by atoms with Crippen LogP contribution in [0.4, 0.5) is 5.13 Å². The average molecular weight is 869 g/mol. The van der Waals surface area contributed by atoms with Crippen molar-refractivity contribution in [2.24, 2.45) is 5.16 Å². The van der Waals surface area contributed by atoms with E-state index < -0.39 is 34.7 Å². The molecule has 61 heavy (non-hydrogen) atoms. The number of carbonyl (C=O) groups is 3. The van der Waals surface area contributed by atoms with Gasteiger partial charge in [0.1, 0.15) is 47.8 Å². The van der Waals surface area contributed by atoms with Gasteiger partial charge < -0.3 is 24.9 Å². The van der Waals surface area contributed by atoms with Gasteiger partial charge in [0.25, 0.3) is 11.8 Å². The molecule has 2 atom stereocenters. The Balaban J connectivity index is 1.04. The van der Waals surface area contributed by atoms with E-state index in [1.165, 1.54) is 46.4 Å². The number of anilines is 1. The second kappa shape index (κ2) is 18.4. The van der Waals surface area contributed by atoms with E-state index in [1.54, 1.807) is 42.3 Å². The van der Waals surface area contributed by atoms with E-state index >= 15 is 0 Å². The highest BCUT2D eigenvalue weighted by molar-refractivity contribution is 8.00. The molecule has 4 aromatic carbocycles. The Morgan fingerprint density at radius 2 is 1.52 bits per heavy atom. The number of aromatic nitrogens is 2. The summed E-state index contributed by atoms with van der Waals surface area (Å²) in [5.41, 5.74) is 6.36. The van der Waals surface area contributed by atoms with Gasteiger partial charge in [-0.15, -0.1) is 34.4 Å². The molecular formula is C46H40N6O6S3. The zero-order chi connectivity index (χ0) is 42.3. The summed E-state index contributed by atoms with van der Waals surface area (Å²) in [4.78, 5) is 58.6. The molecule has 15 heteroatoms. The third-order valence-corrected chi connectivity index (χ3v) is 13.2. The molecule has 2 unspecified atom stereocenters. The largest absolute Gasteiger partial charge is 0.497 e. The van der Waals surface area contributed by atoms with Crippen LogP contribution in [0.2, 0.25) is 0 Å². The quantitative estimate of drug-likeness (QED) is 0.0345. The van der Waals surface area contributed by atoms with Crippen LogP contribution >= 0.6 is 34.4 Å². The molecule has 6 aromatic rings. The minimum Gasteiger partial charge on any atom is -0.497 e. The first kappa shape index (κ1) is 41.2. The molecule has 12 nitrogen and oxygen atoms in total. The van der Waals surface area contributed by atoms with Crippen LogP contribution in [-0.4, -0.2) is 69.8 Å². The normalized spacial score (nSPS) is 16.5. The lowest BCUT2D eigenvalue weighted by Crippen LogP contribution is -2.71. The number of hydrogen-bond acceptors (Lipinski definition) is 13. The fourth-order valence-electron chi connectivity index (χ4n) is 7.23. The number of esters is 1. The smallest absolute Gasteiger partial charge is 0.355 e. The number of hydrogen-bond donors (Lipinski definition) is 2. The first-order valence-corrected chi connectivity index (χ1v) is 22.0. The second-order valence-electron chi connectivity index (χ2n) is 13.9. The molecule has 0 bridgehead atoms. The molecule has 8 rings (SSSR count). The van der Waals surface area contributed by atoms with Gasteiger partial charge in [-0.1, -0.05) is 114 Å². The Morgan fingerprint density at radius 1 is 0.885 bits per heavy atom. The van der Waals surface area contributed by atoms with Gasteiger partial charge in [0.2, 0.25) is 0 Å². The number of allylic oxidation sites excluding steroid dienone is 1. The molecule has 2 N–H and O–H groups in total. The predicted molar refractivity (Wildman–Crippen MR) is 239 cm³/mol. The van der Waals surface area contributed by atoms with Crippen LogP contribution in [0.15, 0.2) is 149 Å². The van der Waals surface area contributed by atoms with Crippen LogP contribution in [0.3, 0.4) is 0 Å². The summed E-state index contributed by atoms with van der Waals surface area (Å²) >= 11 is 4.22. The Hall–Kier alpha value is -6.55. The molecule has 308 valence electrons. The number of ether oxygens (including phenoxy) is 2. The SMILES string of the molecule is CO/N=C(\C(=O)NC1C(=O)N2C(C(=O)OCc3ccc(OC)cc3)=C(/C=C/c3scnc3C)CSC12)c1csc(NC(c2ccccc2)(c2ccccc2)c2ccccc2)n1. The van der Waals surface area contributed by atoms with E-state index in [2.05, 4.69) is 57.2 Å². The summed E-state index contributed by atoms with van der Waals surface area (Å²) in [6.07, 6.45) is 3.71. The van der Waals surface area contributed by atoms with Gasteiger partial charge in [-0.05, 0) is 53.0 Å². The summed E-state index contributed by atoms with van der Waals surface area (Å²) in [6, 6.07) is 36.5. The summed E-state index contributed by atoms with van der Waals surface area (Å²) in [5, 5.41) is 12.3. The number of nitrogens with zero attached hydrogens (tertiary/aromatic N) is 4. The van der Waals surface area contributed by atoms with E-state index in [1.807, 2.05) is 73.7 Å². The molecule has 0 spiro atoms. The van der Waals surface area contributed by atoms with Crippen molar-refractivity contribution in [1.82, 2.24) is 20.2 Å². The van der Waals surface area contributed by atoms with Crippen molar-refractivity contribution in [1.29, 1.82) is 0 Å². The number of carbonyl (C=O) groups excluding carboxylic acids is 3. The third-order valence-electron chi connectivity index (χ3n) is 10.3. The number of amides is 2. The van der Waals surface area contributed by atoms with Crippen molar-refractivity contribution in [2.45, 2.75) is 30.5 Å².